The summed E-state index contributed by atoms with van der Waals surface area (Å²) in [4.78, 5) is 4.60. The predicted octanol–water partition coefficient (Wildman–Crippen LogP) is 1.80. The Morgan fingerprint density at radius 1 is 1.13 bits per heavy atom. The Morgan fingerprint density at radius 3 is 2.70 bits per heavy atom. The monoisotopic (exact) mass is 323 g/mol. The van der Waals surface area contributed by atoms with Crippen molar-refractivity contribution in [3.05, 3.63) is 29.8 Å². The van der Waals surface area contributed by atoms with E-state index in [2.05, 4.69) is 15.6 Å². The first-order valence-electron chi connectivity index (χ1n) is 8.02. The molecule has 0 unspecified atom stereocenters. The highest BCUT2D eigenvalue weighted by molar-refractivity contribution is 5.79. The van der Waals surface area contributed by atoms with Crippen LogP contribution in [0.5, 0.6) is 5.75 Å². The molecule has 0 spiro atoms. The zero-order chi connectivity index (χ0) is 16.8. The third kappa shape index (κ3) is 9.05. The van der Waals surface area contributed by atoms with Crippen LogP contribution in [0.3, 0.4) is 0 Å². The van der Waals surface area contributed by atoms with Gasteiger partial charge < -0.3 is 24.8 Å². The fraction of sp³-hybridized carbons (Fsp3) is 0.588. The fourth-order valence-electron chi connectivity index (χ4n) is 1.91. The average Bonchev–Trinajstić information content (AvgIpc) is 2.59. The number of nitrogens with zero attached hydrogens (tertiary/aromatic N) is 1. The number of rotatable bonds is 11. The van der Waals surface area contributed by atoms with Gasteiger partial charge in [-0.25, -0.2) is 4.99 Å². The molecule has 0 atom stereocenters. The lowest BCUT2D eigenvalue weighted by atomic mass is 10.2. The maximum Gasteiger partial charge on any atom is 0.191 e. The van der Waals surface area contributed by atoms with Crippen LogP contribution in [-0.2, 0) is 16.0 Å². The Morgan fingerprint density at radius 2 is 1.96 bits per heavy atom. The van der Waals surface area contributed by atoms with Gasteiger partial charge in [-0.2, -0.15) is 0 Å². The molecule has 0 aliphatic carbocycles. The minimum atomic E-state index is 0.588. The average molecular weight is 323 g/mol. The van der Waals surface area contributed by atoms with E-state index in [4.69, 9.17) is 14.2 Å². The van der Waals surface area contributed by atoms with Crippen molar-refractivity contribution in [2.45, 2.75) is 19.9 Å². The molecule has 0 amide bonds. The quantitative estimate of drug-likeness (QED) is 0.369. The van der Waals surface area contributed by atoms with Crippen LogP contribution >= 0.6 is 0 Å². The van der Waals surface area contributed by atoms with E-state index >= 15 is 0 Å². The Labute approximate surface area is 139 Å². The number of hydrogen-bond acceptors (Lipinski definition) is 4. The van der Waals surface area contributed by atoms with Gasteiger partial charge in [0.05, 0.1) is 20.3 Å². The number of aliphatic imine (C=N–C) groups is 1. The maximum atomic E-state index is 5.33. The molecular weight excluding hydrogens is 294 g/mol. The molecule has 2 N–H and O–H groups in total. The second-order valence-electron chi connectivity index (χ2n) is 4.91. The largest absolute Gasteiger partial charge is 0.497 e. The normalized spacial score (nSPS) is 11.3. The van der Waals surface area contributed by atoms with Crippen molar-refractivity contribution in [2.75, 3.05) is 47.1 Å². The zero-order valence-electron chi connectivity index (χ0n) is 14.4. The van der Waals surface area contributed by atoms with E-state index < -0.39 is 0 Å². The van der Waals surface area contributed by atoms with E-state index in [9.17, 15) is 0 Å². The third-order valence-electron chi connectivity index (χ3n) is 3.11. The highest BCUT2D eigenvalue weighted by Gasteiger charge is 2.00. The first kappa shape index (κ1) is 19.3. The first-order valence-corrected chi connectivity index (χ1v) is 8.02. The molecule has 1 aromatic carbocycles. The van der Waals surface area contributed by atoms with Gasteiger partial charge in [0.25, 0.3) is 0 Å². The van der Waals surface area contributed by atoms with Crippen molar-refractivity contribution in [3.8, 4) is 5.75 Å². The lowest BCUT2D eigenvalue weighted by Gasteiger charge is -2.12. The summed E-state index contributed by atoms with van der Waals surface area (Å²) in [5.41, 5.74) is 1.10. The Kier molecular flexibility index (Phi) is 10.7. The highest BCUT2D eigenvalue weighted by atomic mass is 16.5. The fourth-order valence-corrected chi connectivity index (χ4v) is 1.91. The van der Waals surface area contributed by atoms with Gasteiger partial charge in [-0.05, 0) is 31.0 Å². The van der Waals surface area contributed by atoms with Gasteiger partial charge in [0.2, 0.25) is 0 Å². The SMILES string of the molecule is CCOCCCNC(=NCc1cccc(OC)c1)NCCOC. The highest BCUT2D eigenvalue weighted by Crippen LogP contribution is 2.13. The lowest BCUT2D eigenvalue weighted by Crippen LogP contribution is -2.39. The molecule has 0 bridgehead atoms. The number of hydrogen-bond donors (Lipinski definition) is 2. The van der Waals surface area contributed by atoms with Gasteiger partial charge >= 0.3 is 0 Å². The maximum absolute atomic E-state index is 5.33. The summed E-state index contributed by atoms with van der Waals surface area (Å²) in [6, 6.07) is 7.92. The van der Waals surface area contributed by atoms with E-state index in [-0.39, 0.29) is 0 Å². The summed E-state index contributed by atoms with van der Waals surface area (Å²) < 4.78 is 15.6. The molecule has 130 valence electrons. The minimum absolute atomic E-state index is 0.588. The molecule has 23 heavy (non-hydrogen) atoms. The summed E-state index contributed by atoms with van der Waals surface area (Å²) in [6.07, 6.45) is 0.942. The second kappa shape index (κ2) is 12.7. The van der Waals surface area contributed by atoms with Crippen LogP contribution in [0.25, 0.3) is 0 Å². The van der Waals surface area contributed by atoms with Crippen molar-refractivity contribution in [1.82, 2.24) is 10.6 Å². The molecule has 0 fully saturated rings. The van der Waals surface area contributed by atoms with Crippen LogP contribution in [0.15, 0.2) is 29.3 Å². The van der Waals surface area contributed by atoms with Crippen molar-refractivity contribution >= 4 is 5.96 Å². The molecule has 0 saturated heterocycles. The second-order valence-corrected chi connectivity index (χ2v) is 4.91. The lowest BCUT2D eigenvalue weighted by molar-refractivity contribution is 0.145. The van der Waals surface area contributed by atoms with Crippen molar-refractivity contribution < 1.29 is 14.2 Å². The minimum Gasteiger partial charge on any atom is -0.497 e. The summed E-state index contributed by atoms with van der Waals surface area (Å²) >= 11 is 0. The van der Waals surface area contributed by atoms with E-state index in [0.29, 0.717) is 19.7 Å². The zero-order valence-corrected chi connectivity index (χ0v) is 14.4. The van der Waals surface area contributed by atoms with Gasteiger partial charge in [0, 0.05) is 33.4 Å². The third-order valence-corrected chi connectivity index (χ3v) is 3.11. The molecule has 6 heteroatoms. The van der Waals surface area contributed by atoms with Crippen molar-refractivity contribution in [3.63, 3.8) is 0 Å². The molecule has 1 rings (SSSR count). The van der Waals surface area contributed by atoms with Crippen LogP contribution < -0.4 is 15.4 Å². The van der Waals surface area contributed by atoms with Crippen LogP contribution in [-0.4, -0.2) is 53.1 Å². The van der Waals surface area contributed by atoms with Gasteiger partial charge in [-0.15, -0.1) is 0 Å². The molecule has 1 aromatic rings. The first-order chi connectivity index (χ1) is 11.3. The molecule has 0 saturated carbocycles. The van der Waals surface area contributed by atoms with Crippen LogP contribution in [0.1, 0.15) is 18.9 Å². The Balaban J connectivity index is 2.50. The van der Waals surface area contributed by atoms with E-state index in [1.54, 1.807) is 14.2 Å². The van der Waals surface area contributed by atoms with Gasteiger partial charge in [0.15, 0.2) is 5.96 Å². The summed E-state index contributed by atoms with van der Waals surface area (Å²) in [5, 5.41) is 6.56. The molecular formula is C17H29N3O3. The molecule has 0 aromatic heterocycles. The predicted molar refractivity (Wildman–Crippen MR) is 93.1 cm³/mol. The van der Waals surface area contributed by atoms with Crippen molar-refractivity contribution in [2.24, 2.45) is 4.99 Å². The van der Waals surface area contributed by atoms with Crippen LogP contribution in [0.4, 0.5) is 0 Å². The Bertz CT molecular complexity index is 452. The molecule has 0 heterocycles. The molecule has 0 aliphatic rings. The van der Waals surface area contributed by atoms with E-state index in [1.165, 1.54) is 0 Å². The number of benzene rings is 1. The van der Waals surface area contributed by atoms with Gasteiger partial charge in [0.1, 0.15) is 5.75 Å². The number of nitrogens with one attached hydrogen (secondary N) is 2. The number of methoxy groups -OCH3 is 2. The molecule has 6 nitrogen and oxygen atoms in total. The smallest absolute Gasteiger partial charge is 0.191 e. The van der Waals surface area contributed by atoms with Crippen molar-refractivity contribution in [1.29, 1.82) is 0 Å². The molecule has 0 radical (unpaired) electrons. The number of ether oxygens (including phenoxy) is 3. The summed E-state index contributed by atoms with van der Waals surface area (Å²) in [6.45, 7) is 6.26. The standard InChI is InChI=1S/C17H29N3O3/c1-4-23-11-6-9-18-17(19-10-12-21-2)20-14-15-7-5-8-16(13-15)22-3/h5,7-8,13H,4,6,9-12,14H2,1-3H3,(H2,18,19,20). The van der Waals surface area contributed by atoms with Crippen LogP contribution in [0, 0.1) is 0 Å². The van der Waals surface area contributed by atoms with Crippen LogP contribution in [0.2, 0.25) is 0 Å². The summed E-state index contributed by atoms with van der Waals surface area (Å²) in [5.74, 6) is 1.62. The summed E-state index contributed by atoms with van der Waals surface area (Å²) in [7, 11) is 3.35. The van der Waals surface area contributed by atoms with E-state index in [0.717, 1.165) is 43.5 Å². The van der Waals surface area contributed by atoms with Gasteiger partial charge in [-0.1, -0.05) is 12.1 Å². The molecule has 0 aliphatic heterocycles. The van der Waals surface area contributed by atoms with Gasteiger partial charge in [-0.3, -0.25) is 0 Å². The number of guanidine groups is 1. The topological polar surface area (TPSA) is 64.1 Å². The Hall–Kier alpha value is -1.79. The van der Waals surface area contributed by atoms with E-state index in [1.807, 2.05) is 31.2 Å².